The van der Waals surface area contributed by atoms with Crippen molar-refractivity contribution in [1.29, 1.82) is 0 Å². The fourth-order valence-electron chi connectivity index (χ4n) is 3.81. The molecule has 0 bridgehead atoms. The van der Waals surface area contributed by atoms with Crippen LogP contribution >= 0.6 is 0 Å². The number of ketones is 1. The lowest BCUT2D eigenvalue weighted by Crippen LogP contribution is -2.26. The van der Waals surface area contributed by atoms with Gasteiger partial charge in [-0.3, -0.25) is 4.79 Å². The van der Waals surface area contributed by atoms with Crippen LogP contribution in [0.15, 0.2) is 16.1 Å². The number of oxime groups is 1. The van der Waals surface area contributed by atoms with Crippen molar-refractivity contribution in [3.63, 3.8) is 0 Å². The van der Waals surface area contributed by atoms with E-state index in [1.54, 1.807) is 6.92 Å². The summed E-state index contributed by atoms with van der Waals surface area (Å²) in [6.45, 7) is 4.62. The summed E-state index contributed by atoms with van der Waals surface area (Å²) in [5.74, 6) is -2.79. The van der Waals surface area contributed by atoms with Crippen LogP contribution in [0.5, 0.6) is 5.88 Å². The van der Waals surface area contributed by atoms with Crippen molar-refractivity contribution in [2.75, 3.05) is 18.6 Å². The Morgan fingerprint density at radius 2 is 2.00 bits per heavy atom. The van der Waals surface area contributed by atoms with Gasteiger partial charge in [-0.15, -0.1) is 0 Å². The molecule has 0 atom stereocenters. The molecule has 0 radical (unpaired) electrons. The van der Waals surface area contributed by atoms with Gasteiger partial charge in [0.2, 0.25) is 11.7 Å². The Morgan fingerprint density at radius 1 is 1.33 bits per heavy atom. The summed E-state index contributed by atoms with van der Waals surface area (Å²) in [5, 5.41) is 7.91. The van der Waals surface area contributed by atoms with Gasteiger partial charge in [-0.05, 0) is 31.9 Å². The highest BCUT2D eigenvalue weighted by Gasteiger charge is 2.36. The second kappa shape index (κ2) is 8.86. The highest BCUT2D eigenvalue weighted by atomic mass is 32.2. The molecule has 3 rings (SSSR count). The Morgan fingerprint density at radius 3 is 2.61 bits per heavy atom. The zero-order valence-electron chi connectivity index (χ0n) is 18.8. The molecular formula is C20H24FN3O7S2. The molecule has 0 aliphatic carbocycles. The van der Waals surface area contributed by atoms with E-state index >= 15 is 4.39 Å². The SMILES string of the molecule is CCCS(=O)(=O)Oc1c(C(=O)c2cc(F)c3c(c2C)C(=NOC)CCS3(=O)=O)c(C)nn1C. The quantitative estimate of drug-likeness (QED) is 0.320. The van der Waals surface area contributed by atoms with Gasteiger partial charge in [0.05, 0.1) is 22.9 Å². The highest BCUT2D eigenvalue weighted by Crippen LogP contribution is 2.35. The van der Waals surface area contributed by atoms with Gasteiger partial charge in [-0.2, -0.15) is 13.5 Å². The monoisotopic (exact) mass is 501 g/mol. The topological polar surface area (TPSA) is 134 Å². The van der Waals surface area contributed by atoms with Crippen LogP contribution in [0.2, 0.25) is 0 Å². The Hall–Kier alpha value is -2.80. The number of halogens is 1. The first-order valence-corrected chi connectivity index (χ1v) is 13.2. The van der Waals surface area contributed by atoms with Crippen molar-refractivity contribution < 1.29 is 35.0 Å². The Kier molecular flexibility index (Phi) is 6.67. The summed E-state index contributed by atoms with van der Waals surface area (Å²) in [5.41, 5.74) is 0.165. The highest BCUT2D eigenvalue weighted by molar-refractivity contribution is 7.91. The van der Waals surface area contributed by atoms with Crippen molar-refractivity contribution in [2.45, 2.75) is 38.5 Å². The molecule has 2 aromatic rings. The fourth-order valence-corrected chi connectivity index (χ4v) is 6.43. The van der Waals surface area contributed by atoms with Gasteiger partial charge in [-0.25, -0.2) is 17.5 Å². The lowest BCUT2D eigenvalue weighted by molar-refractivity contribution is 0.103. The molecule has 2 heterocycles. The molecule has 10 nitrogen and oxygen atoms in total. The van der Waals surface area contributed by atoms with E-state index in [-0.39, 0.29) is 57.5 Å². The predicted molar refractivity (Wildman–Crippen MR) is 117 cm³/mol. The maximum absolute atomic E-state index is 15.1. The Labute approximate surface area is 191 Å². The number of rotatable bonds is 7. The number of sulfone groups is 1. The summed E-state index contributed by atoms with van der Waals surface area (Å²) in [6, 6.07) is 0.834. The molecule has 0 unspecified atom stereocenters. The molecule has 0 saturated carbocycles. The van der Waals surface area contributed by atoms with Gasteiger partial charge in [-0.1, -0.05) is 12.1 Å². The average molecular weight is 502 g/mol. The number of aromatic nitrogens is 2. The van der Waals surface area contributed by atoms with E-state index in [9.17, 15) is 21.6 Å². The van der Waals surface area contributed by atoms with Crippen molar-refractivity contribution in [1.82, 2.24) is 9.78 Å². The molecule has 180 valence electrons. The fraction of sp³-hybridized carbons (Fsp3) is 0.450. The third kappa shape index (κ3) is 4.51. The molecule has 0 spiro atoms. The zero-order valence-corrected chi connectivity index (χ0v) is 20.4. The maximum Gasteiger partial charge on any atom is 0.310 e. The number of hydrogen-bond acceptors (Lipinski definition) is 9. The minimum Gasteiger partial charge on any atom is -0.399 e. The van der Waals surface area contributed by atoms with Gasteiger partial charge in [0.15, 0.2) is 9.84 Å². The predicted octanol–water partition coefficient (Wildman–Crippen LogP) is 2.05. The van der Waals surface area contributed by atoms with E-state index in [4.69, 9.17) is 9.02 Å². The molecule has 1 aliphatic heterocycles. The minimum atomic E-state index is -4.00. The Balaban J connectivity index is 2.25. The lowest BCUT2D eigenvalue weighted by Gasteiger charge is -2.22. The van der Waals surface area contributed by atoms with Gasteiger partial charge in [0.1, 0.15) is 23.4 Å². The number of fused-ring (bicyclic) bond motifs is 1. The van der Waals surface area contributed by atoms with Crippen LogP contribution in [0, 0.1) is 19.7 Å². The van der Waals surface area contributed by atoms with Crippen molar-refractivity contribution in [3.8, 4) is 5.88 Å². The molecular weight excluding hydrogens is 477 g/mol. The van der Waals surface area contributed by atoms with Crippen LogP contribution in [0.4, 0.5) is 4.39 Å². The normalized spacial score (nSPS) is 16.5. The number of nitrogens with zero attached hydrogens (tertiary/aromatic N) is 3. The van der Waals surface area contributed by atoms with E-state index in [1.807, 2.05) is 0 Å². The molecule has 0 N–H and O–H groups in total. The summed E-state index contributed by atoms with van der Waals surface area (Å²) < 4.78 is 71.0. The first-order valence-electron chi connectivity index (χ1n) is 10.0. The van der Waals surface area contributed by atoms with Gasteiger partial charge >= 0.3 is 10.1 Å². The molecule has 1 aromatic heterocycles. The van der Waals surface area contributed by atoms with Crippen LogP contribution in [0.3, 0.4) is 0 Å². The van der Waals surface area contributed by atoms with Crippen LogP contribution < -0.4 is 4.18 Å². The lowest BCUT2D eigenvalue weighted by atomic mass is 9.92. The van der Waals surface area contributed by atoms with E-state index in [0.29, 0.717) is 6.42 Å². The molecule has 1 aliphatic rings. The van der Waals surface area contributed by atoms with Gasteiger partial charge < -0.3 is 9.02 Å². The second-order valence-corrected chi connectivity index (χ2v) is 11.3. The van der Waals surface area contributed by atoms with Crippen LogP contribution in [0.25, 0.3) is 0 Å². The zero-order chi connectivity index (χ0) is 24.7. The van der Waals surface area contributed by atoms with E-state index in [0.717, 1.165) is 10.7 Å². The molecule has 0 fully saturated rings. The maximum atomic E-state index is 15.1. The van der Waals surface area contributed by atoms with Crippen molar-refractivity contribution in [2.24, 2.45) is 12.2 Å². The minimum absolute atomic E-state index is 0.0172. The number of aryl methyl sites for hydroxylation is 2. The van der Waals surface area contributed by atoms with E-state index in [2.05, 4.69) is 10.3 Å². The molecule has 0 saturated heterocycles. The number of benzene rings is 1. The van der Waals surface area contributed by atoms with Crippen LogP contribution in [-0.2, 0) is 31.8 Å². The Bertz CT molecular complexity index is 1380. The number of hydrogen-bond donors (Lipinski definition) is 0. The number of carbonyl (C=O) groups excluding carboxylic acids is 1. The van der Waals surface area contributed by atoms with E-state index < -0.39 is 36.5 Å². The van der Waals surface area contributed by atoms with Crippen molar-refractivity contribution in [3.05, 3.63) is 39.8 Å². The van der Waals surface area contributed by atoms with Crippen molar-refractivity contribution >= 4 is 31.5 Å². The first kappa shape index (κ1) is 24.8. The summed E-state index contributed by atoms with van der Waals surface area (Å²) in [6.07, 6.45) is 0.282. The molecule has 33 heavy (non-hydrogen) atoms. The standard InChI is InChI=1S/C20H24FN3O7S2/c1-6-8-33(28,29)31-20-17(12(3)22-24(20)4)18(25)13-10-14(21)19-16(11(13)2)15(23-30-5)7-9-32(19,26)27/h10H,6-9H2,1-5H3. The molecule has 1 aromatic carbocycles. The van der Waals surface area contributed by atoms with Gasteiger partial charge in [0, 0.05) is 24.6 Å². The van der Waals surface area contributed by atoms with Crippen LogP contribution in [0.1, 0.15) is 52.5 Å². The second-order valence-electron chi connectivity index (χ2n) is 7.59. The summed E-state index contributed by atoms with van der Waals surface area (Å²) >= 11 is 0. The third-order valence-corrected chi connectivity index (χ3v) is 8.29. The summed E-state index contributed by atoms with van der Waals surface area (Å²) in [4.78, 5) is 17.8. The summed E-state index contributed by atoms with van der Waals surface area (Å²) in [7, 11) is -5.25. The largest absolute Gasteiger partial charge is 0.399 e. The molecule has 13 heteroatoms. The molecule has 0 amide bonds. The van der Waals surface area contributed by atoms with Gasteiger partial charge in [0.25, 0.3) is 0 Å². The van der Waals surface area contributed by atoms with Crippen LogP contribution in [-0.4, -0.2) is 56.7 Å². The average Bonchev–Trinajstić information content (AvgIpc) is 2.97. The third-order valence-electron chi connectivity index (χ3n) is 5.20. The van der Waals surface area contributed by atoms with E-state index in [1.165, 1.54) is 28.0 Å². The first-order chi connectivity index (χ1) is 15.3. The smallest absolute Gasteiger partial charge is 0.310 e. The number of carbonyl (C=O) groups is 1.